The molecule has 0 nitrogen and oxygen atoms in total. The fourth-order valence-corrected chi connectivity index (χ4v) is 3.15. The number of hydrogen-bond donors (Lipinski definition) is 0. The van der Waals surface area contributed by atoms with Gasteiger partial charge in [-0.2, -0.15) is 13.2 Å². The van der Waals surface area contributed by atoms with Crippen molar-refractivity contribution in [1.29, 1.82) is 0 Å². The minimum absolute atomic E-state index is 0.0298. The summed E-state index contributed by atoms with van der Waals surface area (Å²) in [5.74, 6) is -2.53. The topological polar surface area (TPSA) is 0 Å². The van der Waals surface area contributed by atoms with Gasteiger partial charge < -0.3 is 0 Å². The maximum Gasteiger partial charge on any atom is 0.422 e. The molecular formula is C15H17F5. The van der Waals surface area contributed by atoms with Gasteiger partial charge in [0, 0.05) is 0 Å². The summed E-state index contributed by atoms with van der Waals surface area (Å²) in [6.07, 6.45) is -0.321. The number of halogens is 5. The van der Waals surface area contributed by atoms with Crippen LogP contribution in [-0.4, -0.2) is 0 Å². The maximum absolute atomic E-state index is 13.5. The van der Waals surface area contributed by atoms with Crippen LogP contribution < -0.4 is 0 Å². The molecule has 1 aromatic rings. The molecule has 2 atom stereocenters. The first-order chi connectivity index (χ1) is 9.32. The third kappa shape index (κ3) is 3.13. The first-order valence-electron chi connectivity index (χ1n) is 6.89. The third-order valence-electron chi connectivity index (χ3n) is 4.06. The third-order valence-corrected chi connectivity index (χ3v) is 4.06. The van der Waals surface area contributed by atoms with Crippen molar-refractivity contribution in [2.24, 2.45) is 5.92 Å². The van der Waals surface area contributed by atoms with Crippen LogP contribution >= 0.6 is 0 Å². The summed E-state index contributed by atoms with van der Waals surface area (Å²) in [6.45, 7) is 2.07. The van der Waals surface area contributed by atoms with Crippen LogP contribution in [0.3, 0.4) is 0 Å². The lowest BCUT2D eigenvalue weighted by atomic mass is 9.93. The van der Waals surface area contributed by atoms with E-state index in [2.05, 4.69) is 6.92 Å². The maximum atomic E-state index is 13.5. The number of rotatable bonds is 3. The highest BCUT2D eigenvalue weighted by atomic mass is 19.4. The molecule has 0 radical (unpaired) electrons. The molecule has 1 aromatic carbocycles. The molecule has 0 amide bonds. The van der Waals surface area contributed by atoms with Gasteiger partial charge in [-0.25, -0.2) is 8.78 Å². The van der Waals surface area contributed by atoms with Gasteiger partial charge in [0.2, 0.25) is 0 Å². The van der Waals surface area contributed by atoms with Gasteiger partial charge in [-0.1, -0.05) is 19.8 Å². The van der Waals surface area contributed by atoms with Crippen molar-refractivity contribution in [1.82, 2.24) is 0 Å². The van der Waals surface area contributed by atoms with Gasteiger partial charge in [0.25, 0.3) is 0 Å². The summed E-state index contributed by atoms with van der Waals surface area (Å²) < 4.78 is 64.6. The van der Waals surface area contributed by atoms with E-state index in [1.807, 2.05) is 0 Å². The summed E-state index contributed by atoms with van der Waals surface area (Å²) in [5.41, 5.74) is -1.43. The van der Waals surface area contributed by atoms with E-state index < -0.39 is 23.4 Å². The van der Waals surface area contributed by atoms with Crippen LogP contribution in [-0.2, 0) is 6.18 Å². The second-order valence-corrected chi connectivity index (χ2v) is 5.52. The van der Waals surface area contributed by atoms with Crippen LogP contribution in [0.2, 0.25) is 0 Å². The Hall–Kier alpha value is -1.13. The molecule has 1 fully saturated rings. The van der Waals surface area contributed by atoms with Crippen LogP contribution in [0.1, 0.15) is 56.1 Å². The van der Waals surface area contributed by atoms with E-state index >= 15 is 0 Å². The lowest BCUT2D eigenvalue weighted by Gasteiger charge is -2.15. The lowest BCUT2D eigenvalue weighted by molar-refractivity contribution is -0.142. The second-order valence-electron chi connectivity index (χ2n) is 5.52. The fraction of sp³-hybridized carbons (Fsp3) is 0.600. The molecule has 1 saturated carbocycles. The SMILES string of the molecule is CCCC1CCC(c2cc(F)c(C(F)(F)F)c(F)c2)C1. The zero-order chi connectivity index (χ0) is 14.9. The fourth-order valence-electron chi connectivity index (χ4n) is 3.15. The number of benzene rings is 1. The summed E-state index contributed by atoms with van der Waals surface area (Å²) in [5, 5.41) is 0. The molecule has 112 valence electrons. The first-order valence-corrected chi connectivity index (χ1v) is 6.89. The van der Waals surface area contributed by atoms with Crippen molar-refractivity contribution in [2.45, 2.75) is 51.1 Å². The molecule has 1 aliphatic rings. The van der Waals surface area contributed by atoms with Crippen molar-refractivity contribution in [2.75, 3.05) is 0 Å². The van der Waals surface area contributed by atoms with Gasteiger partial charge in [0.1, 0.15) is 17.2 Å². The van der Waals surface area contributed by atoms with E-state index in [1.54, 1.807) is 0 Å². The Morgan fingerprint density at radius 2 is 1.70 bits per heavy atom. The molecule has 5 heteroatoms. The molecule has 0 bridgehead atoms. The van der Waals surface area contributed by atoms with Crippen LogP contribution in [0.5, 0.6) is 0 Å². The van der Waals surface area contributed by atoms with Crippen molar-refractivity contribution in [3.8, 4) is 0 Å². The quantitative estimate of drug-likeness (QED) is 0.630. The van der Waals surface area contributed by atoms with E-state index in [4.69, 9.17) is 0 Å². The molecule has 0 aliphatic heterocycles. The molecule has 0 heterocycles. The first kappa shape index (κ1) is 15.3. The molecule has 0 N–H and O–H groups in total. The summed E-state index contributed by atoms with van der Waals surface area (Å²) in [4.78, 5) is 0. The summed E-state index contributed by atoms with van der Waals surface area (Å²) in [7, 11) is 0. The van der Waals surface area contributed by atoms with E-state index in [0.717, 1.165) is 44.2 Å². The second kappa shape index (κ2) is 5.70. The van der Waals surface area contributed by atoms with Gasteiger partial charge >= 0.3 is 6.18 Å². The zero-order valence-corrected chi connectivity index (χ0v) is 11.2. The smallest absolute Gasteiger partial charge is 0.206 e. The van der Waals surface area contributed by atoms with Crippen LogP contribution in [0.4, 0.5) is 22.0 Å². The van der Waals surface area contributed by atoms with E-state index in [9.17, 15) is 22.0 Å². The minimum atomic E-state index is -4.99. The molecule has 20 heavy (non-hydrogen) atoms. The lowest BCUT2D eigenvalue weighted by Crippen LogP contribution is -2.12. The normalized spacial score (nSPS) is 23.3. The van der Waals surface area contributed by atoms with E-state index in [0.29, 0.717) is 11.5 Å². The van der Waals surface area contributed by atoms with Crippen molar-refractivity contribution in [3.63, 3.8) is 0 Å². The van der Waals surface area contributed by atoms with Crippen molar-refractivity contribution < 1.29 is 22.0 Å². The molecule has 0 aromatic heterocycles. The average molecular weight is 292 g/mol. The van der Waals surface area contributed by atoms with Crippen molar-refractivity contribution >= 4 is 0 Å². The average Bonchev–Trinajstić information content (AvgIpc) is 2.75. The Morgan fingerprint density at radius 3 is 2.20 bits per heavy atom. The van der Waals surface area contributed by atoms with Crippen LogP contribution in [0.25, 0.3) is 0 Å². The van der Waals surface area contributed by atoms with Crippen molar-refractivity contribution in [3.05, 3.63) is 34.9 Å². The number of alkyl halides is 3. The van der Waals surface area contributed by atoms with Gasteiger partial charge in [-0.15, -0.1) is 0 Å². The Morgan fingerprint density at radius 1 is 1.10 bits per heavy atom. The van der Waals surface area contributed by atoms with Gasteiger partial charge in [-0.3, -0.25) is 0 Å². The number of hydrogen-bond acceptors (Lipinski definition) is 0. The molecular weight excluding hydrogens is 275 g/mol. The predicted molar refractivity (Wildman–Crippen MR) is 66.4 cm³/mol. The predicted octanol–water partition coefficient (Wildman–Crippen LogP) is 5.67. The Balaban J connectivity index is 2.23. The standard InChI is InChI=1S/C15H17F5/c1-2-3-9-4-5-10(6-9)11-7-12(16)14(13(17)8-11)15(18,19)20/h7-10H,2-6H2,1H3. The summed E-state index contributed by atoms with van der Waals surface area (Å²) in [6, 6.07) is 1.70. The molecule has 1 aliphatic carbocycles. The van der Waals surface area contributed by atoms with E-state index in [-0.39, 0.29) is 5.92 Å². The Kier molecular flexibility index (Phi) is 4.35. The highest BCUT2D eigenvalue weighted by Gasteiger charge is 2.38. The molecule has 2 rings (SSSR count). The van der Waals surface area contributed by atoms with Crippen LogP contribution in [0, 0.1) is 17.6 Å². The van der Waals surface area contributed by atoms with Crippen LogP contribution in [0.15, 0.2) is 12.1 Å². The van der Waals surface area contributed by atoms with Gasteiger partial charge in [0.05, 0.1) is 0 Å². The Labute approximate surface area is 115 Å². The largest absolute Gasteiger partial charge is 0.422 e. The minimum Gasteiger partial charge on any atom is -0.206 e. The Bertz CT molecular complexity index is 455. The molecule has 0 spiro atoms. The summed E-state index contributed by atoms with van der Waals surface area (Å²) >= 11 is 0. The highest BCUT2D eigenvalue weighted by Crippen LogP contribution is 2.42. The molecule has 0 saturated heterocycles. The van der Waals surface area contributed by atoms with Gasteiger partial charge in [-0.05, 0) is 48.8 Å². The molecule has 2 unspecified atom stereocenters. The zero-order valence-electron chi connectivity index (χ0n) is 11.2. The monoisotopic (exact) mass is 292 g/mol. The van der Waals surface area contributed by atoms with E-state index in [1.165, 1.54) is 0 Å². The van der Waals surface area contributed by atoms with Gasteiger partial charge in [0.15, 0.2) is 0 Å². The highest BCUT2D eigenvalue weighted by molar-refractivity contribution is 5.31.